The minimum Gasteiger partial charge on any atom is -0.462 e. The molecule has 0 radical (unpaired) electrons. The summed E-state index contributed by atoms with van der Waals surface area (Å²) in [6.07, 6.45) is -4.62. The smallest absolute Gasteiger partial charge is 0.228 e. The summed E-state index contributed by atoms with van der Waals surface area (Å²) in [5, 5.41) is 32.2. The maximum absolute atomic E-state index is 13.8. The third-order valence-corrected chi connectivity index (χ3v) is 4.69. The lowest BCUT2D eigenvalue weighted by Gasteiger charge is -2.35. The Bertz CT molecular complexity index is 861. The second-order valence-electron chi connectivity index (χ2n) is 6.93. The van der Waals surface area contributed by atoms with E-state index in [1.54, 1.807) is 30.3 Å². The molecule has 29 heavy (non-hydrogen) atoms. The third-order valence-electron chi connectivity index (χ3n) is 4.69. The van der Waals surface area contributed by atoms with Gasteiger partial charge in [0.2, 0.25) is 12.2 Å². The van der Waals surface area contributed by atoms with E-state index in [1.807, 2.05) is 0 Å². The number of hydrogen-bond acceptors (Lipinski definition) is 6. The van der Waals surface area contributed by atoms with E-state index in [0.717, 1.165) is 5.56 Å². The zero-order valence-electron chi connectivity index (χ0n) is 15.9. The quantitative estimate of drug-likeness (QED) is 0.571. The maximum Gasteiger partial charge on any atom is 0.228 e. The number of rotatable bonds is 6. The van der Waals surface area contributed by atoms with Crippen molar-refractivity contribution in [1.82, 2.24) is 5.32 Å². The number of aliphatic hydroxyl groups is 3. The molecular weight excluding hydrogens is 381 g/mol. The van der Waals surface area contributed by atoms with Gasteiger partial charge in [0.15, 0.2) is 0 Å². The topological polar surface area (TPSA) is 108 Å². The molecule has 0 bridgehead atoms. The zero-order chi connectivity index (χ0) is 21.0. The Labute approximate surface area is 167 Å². The van der Waals surface area contributed by atoms with Crippen molar-refractivity contribution < 1.29 is 34.0 Å². The fourth-order valence-electron chi connectivity index (χ4n) is 3.16. The molecule has 4 N–H and O–H groups in total. The molecule has 1 fully saturated rings. The number of nitrogens with one attached hydrogen (secondary N) is 1. The first-order valence-corrected chi connectivity index (χ1v) is 9.31. The molecule has 0 saturated carbocycles. The summed E-state index contributed by atoms with van der Waals surface area (Å²) in [6, 6.07) is 11.2. The number of benzene rings is 2. The number of carbonyl (C=O) groups is 1. The summed E-state index contributed by atoms with van der Waals surface area (Å²) < 4.78 is 24.7. The Hall–Kier alpha value is -2.52. The van der Waals surface area contributed by atoms with Crippen LogP contribution in [-0.4, -0.2) is 59.0 Å². The zero-order valence-corrected chi connectivity index (χ0v) is 15.9. The van der Waals surface area contributed by atoms with Crippen LogP contribution in [0.3, 0.4) is 0 Å². The van der Waals surface area contributed by atoms with E-state index in [2.05, 4.69) is 5.32 Å². The second-order valence-corrected chi connectivity index (χ2v) is 6.93. The predicted octanol–water partition coefficient (Wildman–Crippen LogP) is 0.989. The van der Waals surface area contributed by atoms with Gasteiger partial charge in [-0.15, -0.1) is 0 Å². The van der Waals surface area contributed by atoms with E-state index in [0.29, 0.717) is 29.8 Å². The van der Waals surface area contributed by atoms with Crippen molar-refractivity contribution in [2.24, 2.45) is 0 Å². The van der Waals surface area contributed by atoms with Gasteiger partial charge < -0.3 is 30.1 Å². The molecule has 2 aromatic rings. The van der Waals surface area contributed by atoms with Crippen LogP contribution in [0.25, 0.3) is 11.1 Å². The van der Waals surface area contributed by atoms with Crippen LogP contribution >= 0.6 is 0 Å². The second kappa shape index (κ2) is 9.32. The SMILES string of the molecule is CC(=O)NCCc1ccc(O[C@@H]2OC[C@H](O)[C@H](O)[C@H]2O)cc1-c1cccc(F)c1. The Morgan fingerprint density at radius 1 is 1.21 bits per heavy atom. The number of ether oxygens (including phenoxy) is 2. The lowest BCUT2D eigenvalue weighted by Crippen LogP contribution is -2.54. The number of carbonyl (C=O) groups excluding carboxylic acids is 1. The van der Waals surface area contributed by atoms with Crippen molar-refractivity contribution in [3.05, 3.63) is 53.8 Å². The standard InChI is InChI=1S/C21H24FNO6/c1-12(24)23-8-7-13-5-6-16(10-17(13)14-3-2-4-15(22)9-14)29-21-20(27)19(26)18(25)11-28-21/h2-6,9-10,18-21,25-27H,7-8,11H2,1H3,(H,23,24)/t18-,19-,20+,21-/m0/s1. The van der Waals surface area contributed by atoms with Crippen LogP contribution in [0.1, 0.15) is 12.5 Å². The van der Waals surface area contributed by atoms with Crippen molar-refractivity contribution >= 4 is 5.91 Å². The van der Waals surface area contributed by atoms with Crippen molar-refractivity contribution in [2.45, 2.75) is 37.9 Å². The molecule has 8 heteroatoms. The summed E-state index contributed by atoms with van der Waals surface area (Å²) in [7, 11) is 0. The van der Waals surface area contributed by atoms with E-state index >= 15 is 0 Å². The molecule has 0 aromatic heterocycles. The highest BCUT2D eigenvalue weighted by Crippen LogP contribution is 2.30. The molecule has 4 atom stereocenters. The lowest BCUT2D eigenvalue weighted by molar-refractivity contribution is -0.242. The molecule has 0 aliphatic carbocycles. The van der Waals surface area contributed by atoms with Crippen LogP contribution in [0.15, 0.2) is 42.5 Å². The Kier molecular flexibility index (Phi) is 6.81. The highest BCUT2D eigenvalue weighted by atomic mass is 19.1. The lowest BCUT2D eigenvalue weighted by atomic mass is 9.97. The van der Waals surface area contributed by atoms with Crippen LogP contribution in [-0.2, 0) is 16.0 Å². The molecular formula is C21H24FNO6. The number of amides is 1. The highest BCUT2D eigenvalue weighted by Gasteiger charge is 2.39. The highest BCUT2D eigenvalue weighted by molar-refractivity contribution is 5.73. The predicted molar refractivity (Wildman–Crippen MR) is 103 cm³/mol. The van der Waals surface area contributed by atoms with Gasteiger partial charge in [-0.2, -0.15) is 0 Å². The number of halogens is 1. The summed E-state index contributed by atoms with van der Waals surface area (Å²) in [5.74, 6) is -0.175. The van der Waals surface area contributed by atoms with Gasteiger partial charge in [0, 0.05) is 13.5 Å². The Morgan fingerprint density at radius 2 is 2.00 bits per heavy atom. The van der Waals surface area contributed by atoms with Crippen molar-refractivity contribution in [3.8, 4) is 16.9 Å². The molecule has 3 rings (SSSR count). The minimum absolute atomic E-state index is 0.138. The summed E-state index contributed by atoms with van der Waals surface area (Å²) in [6.45, 7) is 1.69. The van der Waals surface area contributed by atoms with Gasteiger partial charge in [0.1, 0.15) is 29.9 Å². The normalized spacial score (nSPS) is 24.2. The van der Waals surface area contributed by atoms with E-state index in [4.69, 9.17) is 9.47 Å². The van der Waals surface area contributed by atoms with Crippen LogP contribution in [0, 0.1) is 5.82 Å². The molecule has 1 saturated heterocycles. The van der Waals surface area contributed by atoms with Gasteiger partial charge in [-0.05, 0) is 47.4 Å². The minimum atomic E-state index is -1.42. The third kappa shape index (κ3) is 5.30. The van der Waals surface area contributed by atoms with E-state index in [1.165, 1.54) is 19.1 Å². The molecule has 1 aliphatic heterocycles. The summed E-state index contributed by atoms with van der Waals surface area (Å²) >= 11 is 0. The maximum atomic E-state index is 13.8. The Morgan fingerprint density at radius 3 is 2.72 bits per heavy atom. The molecule has 7 nitrogen and oxygen atoms in total. The van der Waals surface area contributed by atoms with Crippen molar-refractivity contribution in [3.63, 3.8) is 0 Å². The monoisotopic (exact) mass is 405 g/mol. The van der Waals surface area contributed by atoms with Gasteiger partial charge in [-0.25, -0.2) is 4.39 Å². The van der Waals surface area contributed by atoms with Crippen molar-refractivity contribution in [2.75, 3.05) is 13.2 Å². The van der Waals surface area contributed by atoms with Crippen LogP contribution in [0.2, 0.25) is 0 Å². The van der Waals surface area contributed by atoms with E-state index in [-0.39, 0.29) is 18.3 Å². The van der Waals surface area contributed by atoms with Crippen LogP contribution < -0.4 is 10.1 Å². The first kappa shape index (κ1) is 21.2. The van der Waals surface area contributed by atoms with Gasteiger partial charge in [-0.1, -0.05) is 18.2 Å². The molecule has 2 aromatic carbocycles. The summed E-state index contributed by atoms with van der Waals surface area (Å²) in [5.41, 5.74) is 2.21. The van der Waals surface area contributed by atoms with Crippen LogP contribution in [0.4, 0.5) is 4.39 Å². The van der Waals surface area contributed by atoms with Gasteiger partial charge in [0.25, 0.3) is 0 Å². The fraction of sp³-hybridized carbons (Fsp3) is 0.381. The number of hydrogen-bond donors (Lipinski definition) is 4. The van der Waals surface area contributed by atoms with Gasteiger partial charge in [-0.3, -0.25) is 4.79 Å². The first-order valence-electron chi connectivity index (χ1n) is 9.31. The van der Waals surface area contributed by atoms with Gasteiger partial charge >= 0.3 is 0 Å². The average Bonchev–Trinajstić information content (AvgIpc) is 2.69. The first-order chi connectivity index (χ1) is 13.8. The fourth-order valence-corrected chi connectivity index (χ4v) is 3.16. The Balaban J connectivity index is 1.85. The molecule has 0 spiro atoms. The van der Waals surface area contributed by atoms with Gasteiger partial charge in [0.05, 0.1) is 6.61 Å². The van der Waals surface area contributed by atoms with Crippen LogP contribution in [0.5, 0.6) is 5.75 Å². The molecule has 1 heterocycles. The number of aliphatic hydroxyl groups excluding tert-OH is 3. The molecule has 1 amide bonds. The summed E-state index contributed by atoms with van der Waals surface area (Å²) in [4.78, 5) is 11.1. The molecule has 0 unspecified atom stereocenters. The van der Waals surface area contributed by atoms with E-state index < -0.39 is 24.6 Å². The molecule has 1 aliphatic rings. The largest absolute Gasteiger partial charge is 0.462 e. The average molecular weight is 405 g/mol. The van der Waals surface area contributed by atoms with E-state index in [9.17, 15) is 24.5 Å². The van der Waals surface area contributed by atoms with Crippen molar-refractivity contribution in [1.29, 1.82) is 0 Å². The molecule has 156 valence electrons.